The standard InChI is InChI=1S/C13H11F3N6O4S/c1-21-10(5-17-19-21)6-3-7-9(4-8(6)13(14,15)16)18-12(24)22(11(7)23)20-27(2,25)26/h3-5,20H,1-2H3,(H,18,24). The number of benzene rings is 1. The van der Waals surface area contributed by atoms with E-state index in [1.807, 2.05) is 0 Å². The fraction of sp³-hybridized carbons (Fsp3) is 0.231. The van der Waals surface area contributed by atoms with E-state index >= 15 is 0 Å². The Labute approximate surface area is 148 Å². The van der Waals surface area contributed by atoms with Gasteiger partial charge >= 0.3 is 11.9 Å². The van der Waals surface area contributed by atoms with Crippen LogP contribution in [0.1, 0.15) is 5.56 Å². The summed E-state index contributed by atoms with van der Waals surface area (Å²) >= 11 is 0. The molecule has 0 aliphatic rings. The molecule has 14 heteroatoms. The molecule has 0 atom stereocenters. The second-order valence-corrected chi connectivity index (χ2v) is 7.35. The van der Waals surface area contributed by atoms with Crippen molar-refractivity contribution < 1.29 is 21.6 Å². The number of hydrogen-bond donors (Lipinski definition) is 2. The van der Waals surface area contributed by atoms with E-state index in [0.29, 0.717) is 12.3 Å². The van der Waals surface area contributed by atoms with Crippen LogP contribution in [-0.2, 0) is 23.2 Å². The van der Waals surface area contributed by atoms with E-state index in [1.165, 1.54) is 7.05 Å². The number of sulfonamides is 1. The second-order valence-electron chi connectivity index (χ2n) is 5.62. The Hall–Kier alpha value is -3.16. The Morgan fingerprint density at radius 1 is 1.22 bits per heavy atom. The molecule has 3 rings (SSSR count). The van der Waals surface area contributed by atoms with E-state index in [4.69, 9.17) is 0 Å². The zero-order valence-electron chi connectivity index (χ0n) is 13.7. The molecule has 144 valence electrons. The molecule has 2 heterocycles. The molecule has 0 spiro atoms. The van der Waals surface area contributed by atoms with E-state index in [1.54, 1.807) is 4.83 Å². The van der Waals surface area contributed by atoms with Crippen molar-refractivity contribution in [3.05, 3.63) is 44.7 Å². The van der Waals surface area contributed by atoms with Crippen molar-refractivity contribution in [3.63, 3.8) is 0 Å². The van der Waals surface area contributed by atoms with Gasteiger partial charge in [0.15, 0.2) is 0 Å². The number of fused-ring (bicyclic) bond motifs is 1. The normalized spacial score (nSPS) is 12.5. The number of aromatic nitrogens is 5. The molecule has 27 heavy (non-hydrogen) atoms. The van der Waals surface area contributed by atoms with Crippen LogP contribution < -0.4 is 16.1 Å². The third kappa shape index (κ3) is 3.42. The number of H-pyrrole nitrogens is 1. The minimum atomic E-state index is -4.80. The van der Waals surface area contributed by atoms with Crippen molar-refractivity contribution in [2.24, 2.45) is 7.05 Å². The number of rotatable bonds is 3. The number of aryl methyl sites for hydroxylation is 1. The highest BCUT2D eigenvalue weighted by molar-refractivity contribution is 7.91. The summed E-state index contributed by atoms with van der Waals surface area (Å²) in [5, 5.41) is 6.74. The van der Waals surface area contributed by atoms with Gasteiger partial charge < -0.3 is 4.98 Å². The monoisotopic (exact) mass is 404 g/mol. The van der Waals surface area contributed by atoms with Crippen LogP contribution in [0.5, 0.6) is 0 Å². The summed E-state index contributed by atoms with van der Waals surface area (Å²) in [4.78, 5) is 28.2. The quantitative estimate of drug-likeness (QED) is 0.632. The molecule has 0 bridgehead atoms. The van der Waals surface area contributed by atoms with Gasteiger partial charge in [0, 0.05) is 12.6 Å². The number of alkyl halides is 3. The first-order valence-electron chi connectivity index (χ1n) is 7.11. The Bertz CT molecular complexity index is 1270. The molecule has 0 amide bonds. The Morgan fingerprint density at radius 2 is 1.89 bits per heavy atom. The number of halogens is 3. The molecule has 3 aromatic rings. The van der Waals surface area contributed by atoms with Crippen molar-refractivity contribution >= 4 is 20.9 Å². The fourth-order valence-electron chi connectivity index (χ4n) is 2.49. The van der Waals surface area contributed by atoms with E-state index < -0.39 is 44.1 Å². The van der Waals surface area contributed by atoms with Gasteiger partial charge in [-0.3, -0.25) is 4.79 Å². The van der Waals surface area contributed by atoms with E-state index in [9.17, 15) is 31.2 Å². The van der Waals surface area contributed by atoms with E-state index in [-0.39, 0.29) is 15.8 Å². The summed E-state index contributed by atoms with van der Waals surface area (Å²) in [6.07, 6.45) is -3.01. The van der Waals surface area contributed by atoms with Gasteiger partial charge in [0.1, 0.15) is 0 Å². The molecular formula is C13H11F3N6O4S. The van der Waals surface area contributed by atoms with Gasteiger partial charge in [-0.15, -0.1) is 5.10 Å². The number of nitrogens with zero attached hydrogens (tertiary/aromatic N) is 4. The van der Waals surface area contributed by atoms with Crippen LogP contribution in [0.25, 0.3) is 22.2 Å². The van der Waals surface area contributed by atoms with Crippen molar-refractivity contribution in [1.29, 1.82) is 0 Å². The lowest BCUT2D eigenvalue weighted by Gasteiger charge is -2.14. The smallest absolute Gasteiger partial charge is 0.305 e. The summed E-state index contributed by atoms with van der Waals surface area (Å²) in [5.74, 6) is 0. The molecule has 0 unspecified atom stereocenters. The first kappa shape index (κ1) is 18.6. The molecular weight excluding hydrogens is 393 g/mol. The van der Waals surface area contributed by atoms with Crippen molar-refractivity contribution in [3.8, 4) is 11.3 Å². The van der Waals surface area contributed by atoms with Crippen LogP contribution in [-0.4, -0.2) is 39.3 Å². The van der Waals surface area contributed by atoms with Gasteiger partial charge in [-0.25, -0.2) is 22.7 Å². The zero-order valence-corrected chi connectivity index (χ0v) is 14.5. The second kappa shape index (κ2) is 5.94. The average Bonchev–Trinajstić information content (AvgIpc) is 2.94. The molecule has 2 N–H and O–H groups in total. The van der Waals surface area contributed by atoms with Crippen LogP contribution in [0.3, 0.4) is 0 Å². The molecule has 0 aliphatic carbocycles. The van der Waals surface area contributed by atoms with Gasteiger partial charge in [-0.05, 0) is 12.1 Å². The minimum Gasteiger partial charge on any atom is -0.305 e. The van der Waals surface area contributed by atoms with Gasteiger partial charge in [0.2, 0.25) is 10.0 Å². The first-order chi connectivity index (χ1) is 12.4. The van der Waals surface area contributed by atoms with Crippen molar-refractivity contribution in [2.45, 2.75) is 6.18 Å². The van der Waals surface area contributed by atoms with E-state index in [0.717, 1.165) is 16.9 Å². The third-order valence-corrected chi connectivity index (χ3v) is 4.10. The SMILES string of the molecule is Cn1nncc1-c1cc2c(=O)n(NS(C)(=O)=O)c(=O)[nH]c2cc1C(F)(F)F. The minimum absolute atomic E-state index is 0.0301. The summed E-state index contributed by atoms with van der Waals surface area (Å²) < 4.78 is 64.4. The molecule has 0 radical (unpaired) electrons. The van der Waals surface area contributed by atoms with Gasteiger partial charge in [-0.2, -0.15) is 17.8 Å². The largest absolute Gasteiger partial charge is 0.417 e. The maximum absolute atomic E-state index is 13.5. The summed E-state index contributed by atoms with van der Waals surface area (Å²) in [6, 6.07) is 1.50. The van der Waals surface area contributed by atoms with Crippen LogP contribution in [0.2, 0.25) is 0 Å². The predicted octanol–water partition coefficient (Wildman–Crippen LogP) is 0.00720. The Kier molecular flexibility index (Phi) is 4.09. The third-order valence-electron chi connectivity index (χ3n) is 3.59. The molecule has 0 saturated carbocycles. The summed E-state index contributed by atoms with van der Waals surface area (Å²) in [5.41, 5.74) is -4.33. The lowest BCUT2D eigenvalue weighted by molar-refractivity contribution is -0.137. The van der Waals surface area contributed by atoms with Gasteiger partial charge in [-0.1, -0.05) is 5.21 Å². The molecule has 1 aromatic carbocycles. The van der Waals surface area contributed by atoms with Crippen molar-refractivity contribution in [2.75, 3.05) is 11.1 Å². The predicted molar refractivity (Wildman–Crippen MR) is 88.0 cm³/mol. The molecule has 2 aromatic heterocycles. The number of aromatic amines is 1. The van der Waals surface area contributed by atoms with E-state index in [2.05, 4.69) is 15.3 Å². The Morgan fingerprint density at radius 3 is 2.41 bits per heavy atom. The highest BCUT2D eigenvalue weighted by Gasteiger charge is 2.35. The number of hydrogen-bond acceptors (Lipinski definition) is 6. The lowest BCUT2D eigenvalue weighted by atomic mass is 10.0. The van der Waals surface area contributed by atoms with Crippen LogP contribution in [0.4, 0.5) is 13.2 Å². The average molecular weight is 404 g/mol. The maximum Gasteiger partial charge on any atom is 0.417 e. The summed E-state index contributed by atoms with van der Waals surface area (Å²) in [6.45, 7) is 0. The molecule has 0 fully saturated rings. The Balaban J connectivity index is 2.43. The van der Waals surface area contributed by atoms with Crippen molar-refractivity contribution in [1.82, 2.24) is 24.7 Å². The van der Waals surface area contributed by atoms with Crippen LogP contribution in [0.15, 0.2) is 27.9 Å². The highest BCUT2D eigenvalue weighted by Crippen LogP contribution is 2.38. The fourth-order valence-corrected chi connectivity index (χ4v) is 2.99. The maximum atomic E-state index is 13.5. The lowest BCUT2D eigenvalue weighted by Crippen LogP contribution is -2.43. The zero-order chi connectivity index (χ0) is 20.1. The first-order valence-corrected chi connectivity index (χ1v) is 9.01. The van der Waals surface area contributed by atoms with Gasteiger partial charge in [0.05, 0.1) is 34.6 Å². The summed E-state index contributed by atoms with van der Waals surface area (Å²) in [7, 11) is -2.63. The van der Waals surface area contributed by atoms with Crippen LogP contribution >= 0.6 is 0 Å². The topological polar surface area (TPSA) is 132 Å². The molecule has 0 aliphatic heterocycles. The molecule has 0 saturated heterocycles. The highest BCUT2D eigenvalue weighted by atomic mass is 32.2. The number of nitrogens with one attached hydrogen (secondary N) is 2. The van der Waals surface area contributed by atoms with Gasteiger partial charge in [0.25, 0.3) is 5.56 Å². The van der Waals surface area contributed by atoms with Crippen LogP contribution in [0, 0.1) is 0 Å². The molecule has 10 nitrogen and oxygen atoms in total.